The van der Waals surface area contributed by atoms with E-state index in [1.54, 1.807) is 27.7 Å². The van der Waals surface area contributed by atoms with Gasteiger partial charge in [0.1, 0.15) is 5.60 Å². The monoisotopic (exact) mass is 838 g/mol. The van der Waals surface area contributed by atoms with E-state index >= 15 is 0 Å². The van der Waals surface area contributed by atoms with Crippen molar-refractivity contribution >= 4 is 35.8 Å². The molecule has 1 heterocycles. The molecule has 0 amide bonds. The fourth-order valence-corrected chi connectivity index (χ4v) is 16.7. The normalized spacial score (nSPS) is 47.5. The molecular weight excluding hydrogens is 773 g/mol. The Bertz CT molecular complexity index is 1750. The van der Waals surface area contributed by atoms with Crippen LogP contribution in [0.3, 0.4) is 0 Å². The number of carbonyl (C=O) groups is 6. The molecule has 60 heavy (non-hydrogen) atoms. The summed E-state index contributed by atoms with van der Waals surface area (Å²) in [6.07, 6.45) is 6.87. The van der Waals surface area contributed by atoms with Crippen molar-refractivity contribution in [1.29, 1.82) is 0 Å². The zero-order chi connectivity index (χ0) is 42.7. The standard InChI is InChI=1S/C47H66O13/c1-19-23-11-26(32(48)16-33(49)60-47(3,4)5)27(12-23)34(19)38-30-15-31(40(41(30)45(54)58-18-56-6)44(53)57-17-25-10-21-7-8-22(25)9-21)39(38)36-24-13-28(29(14-24)42(50)51)37(36)35-20(2)43(52)59-46(35)55/h19-32,34-41,48H,7-18H2,1-6H3,(H,50,51). The van der Waals surface area contributed by atoms with E-state index in [-0.39, 0.29) is 90.2 Å². The highest BCUT2D eigenvalue weighted by Gasteiger charge is 2.73. The van der Waals surface area contributed by atoms with Gasteiger partial charge in [-0.05, 0) is 167 Å². The van der Waals surface area contributed by atoms with E-state index < -0.39 is 77.1 Å². The zero-order valence-electron chi connectivity index (χ0n) is 36.1. The Balaban J connectivity index is 1.10. The second-order valence-corrected chi connectivity index (χ2v) is 22.1. The third-order valence-corrected chi connectivity index (χ3v) is 18.4. The number of aliphatic carboxylic acids is 1. The summed E-state index contributed by atoms with van der Waals surface area (Å²) in [5, 5.41) is 22.3. The van der Waals surface area contributed by atoms with Gasteiger partial charge in [-0.25, -0.2) is 0 Å². The Morgan fingerprint density at radius 2 is 1.43 bits per heavy atom. The molecule has 0 aromatic rings. The fraction of sp³-hybridized carbons (Fsp3) is 0.872. The number of fused-ring (bicyclic) bond motifs is 8. The van der Waals surface area contributed by atoms with Crippen LogP contribution in [0.2, 0.25) is 0 Å². The van der Waals surface area contributed by atoms with Gasteiger partial charge in [-0.2, -0.15) is 0 Å². The van der Waals surface area contributed by atoms with Gasteiger partial charge in [0.05, 0.1) is 48.7 Å². The predicted octanol–water partition coefficient (Wildman–Crippen LogP) is 5.54. The first-order chi connectivity index (χ1) is 28.5. The maximum Gasteiger partial charge on any atom is 0.317 e. The lowest BCUT2D eigenvalue weighted by atomic mass is 9.51. The largest absolute Gasteiger partial charge is 0.481 e. The van der Waals surface area contributed by atoms with Gasteiger partial charge in [-0.15, -0.1) is 0 Å². The van der Waals surface area contributed by atoms with Crippen LogP contribution in [0.25, 0.3) is 0 Å². The zero-order valence-corrected chi connectivity index (χ0v) is 36.1. The molecule has 8 aliphatic carbocycles. The van der Waals surface area contributed by atoms with Crippen LogP contribution in [0, 0.1) is 124 Å². The Hall–Kier alpha value is -3.06. The van der Waals surface area contributed by atoms with E-state index in [2.05, 4.69) is 6.92 Å². The predicted molar refractivity (Wildman–Crippen MR) is 210 cm³/mol. The molecular formula is C47H66O13. The summed E-state index contributed by atoms with van der Waals surface area (Å²) < 4.78 is 28.1. The SMILES string of the molecule is COCOC(=O)C1C2CC(C1C(=O)OCC1CC3CCC1C3)C(C1C3CC(C(=O)O)C(C3)C1C1C(=O)OC(=O)C1C)C2C1C(C)C2CC(C(O)CC(=O)OC(C)(C)C)C1C2. The van der Waals surface area contributed by atoms with Crippen LogP contribution in [0.5, 0.6) is 0 Å². The second kappa shape index (κ2) is 15.6. The van der Waals surface area contributed by atoms with Crippen LogP contribution < -0.4 is 0 Å². The van der Waals surface area contributed by atoms with Gasteiger partial charge in [0.15, 0.2) is 6.79 Å². The van der Waals surface area contributed by atoms with Crippen molar-refractivity contribution < 1.29 is 62.7 Å². The van der Waals surface area contributed by atoms with Gasteiger partial charge >= 0.3 is 35.8 Å². The van der Waals surface area contributed by atoms with E-state index in [0.29, 0.717) is 43.6 Å². The molecule has 13 nitrogen and oxygen atoms in total. The lowest BCUT2D eigenvalue weighted by Gasteiger charge is -2.52. The van der Waals surface area contributed by atoms with Crippen LogP contribution in [0.1, 0.15) is 98.8 Å². The molecule has 22 atom stereocenters. The number of carbonyl (C=O) groups excluding carboxylic acids is 5. The Morgan fingerprint density at radius 3 is 2.02 bits per heavy atom. The first-order valence-corrected chi connectivity index (χ1v) is 23.2. The number of cyclic esters (lactones) is 2. The number of aliphatic hydroxyl groups excluding tert-OH is 1. The van der Waals surface area contributed by atoms with Crippen molar-refractivity contribution in [2.75, 3.05) is 20.5 Å². The molecule has 0 spiro atoms. The maximum atomic E-state index is 14.8. The fourth-order valence-electron chi connectivity index (χ4n) is 16.7. The van der Waals surface area contributed by atoms with Crippen LogP contribution in [-0.4, -0.2) is 78.2 Å². The van der Waals surface area contributed by atoms with Crippen LogP contribution in [0.15, 0.2) is 0 Å². The van der Waals surface area contributed by atoms with Crippen molar-refractivity contribution in [3.05, 3.63) is 0 Å². The molecule has 0 radical (unpaired) electrons. The second-order valence-electron chi connectivity index (χ2n) is 22.1. The molecule has 332 valence electrons. The number of rotatable bonds is 13. The van der Waals surface area contributed by atoms with E-state index in [1.807, 2.05) is 0 Å². The van der Waals surface area contributed by atoms with Crippen molar-refractivity contribution in [3.63, 3.8) is 0 Å². The molecule has 0 aromatic heterocycles. The summed E-state index contributed by atoms with van der Waals surface area (Å²) in [5.41, 5.74) is -0.690. The molecule has 22 unspecified atom stereocenters. The molecule has 8 bridgehead atoms. The molecule has 1 saturated heterocycles. The number of methoxy groups -OCH3 is 1. The Labute approximate surface area is 353 Å². The minimum Gasteiger partial charge on any atom is -0.481 e. The summed E-state index contributed by atoms with van der Waals surface area (Å²) in [6.45, 7) is 9.47. The van der Waals surface area contributed by atoms with Gasteiger partial charge in [0.2, 0.25) is 0 Å². The topological polar surface area (TPSA) is 189 Å². The number of aliphatic hydroxyl groups is 1. The van der Waals surface area contributed by atoms with E-state index in [1.165, 1.54) is 20.0 Å². The highest BCUT2D eigenvalue weighted by atomic mass is 16.7. The van der Waals surface area contributed by atoms with Gasteiger partial charge in [0, 0.05) is 7.11 Å². The number of carboxylic acids is 1. The van der Waals surface area contributed by atoms with E-state index in [0.717, 1.165) is 25.7 Å². The molecule has 9 rings (SSSR count). The summed E-state index contributed by atoms with van der Waals surface area (Å²) in [7, 11) is 1.45. The number of esters is 5. The molecule has 2 N–H and O–H groups in total. The minimum absolute atomic E-state index is 0.0235. The molecule has 8 saturated carbocycles. The summed E-state index contributed by atoms with van der Waals surface area (Å²) in [5.74, 6) is -7.13. The van der Waals surface area contributed by atoms with Crippen molar-refractivity contribution in [3.8, 4) is 0 Å². The molecule has 1 aliphatic heterocycles. The van der Waals surface area contributed by atoms with Gasteiger partial charge < -0.3 is 33.9 Å². The minimum atomic E-state index is -0.912. The highest BCUT2D eigenvalue weighted by Crippen LogP contribution is 2.74. The Morgan fingerprint density at radius 1 is 0.750 bits per heavy atom. The molecule has 0 aromatic carbocycles. The summed E-state index contributed by atoms with van der Waals surface area (Å²) in [6, 6.07) is 0. The molecule has 9 aliphatic rings. The Kier molecular flexibility index (Phi) is 11.0. The lowest BCUT2D eigenvalue weighted by Crippen LogP contribution is -2.53. The van der Waals surface area contributed by atoms with E-state index in [9.17, 15) is 39.0 Å². The summed E-state index contributed by atoms with van der Waals surface area (Å²) >= 11 is 0. The smallest absolute Gasteiger partial charge is 0.317 e. The number of ether oxygens (including phenoxy) is 5. The van der Waals surface area contributed by atoms with Crippen molar-refractivity contribution in [1.82, 2.24) is 0 Å². The number of carboxylic acid groups (broad SMARTS) is 1. The highest BCUT2D eigenvalue weighted by molar-refractivity contribution is 5.96. The van der Waals surface area contributed by atoms with Crippen LogP contribution >= 0.6 is 0 Å². The first kappa shape index (κ1) is 42.3. The van der Waals surface area contributed by atoms with Gasteiger partial charge in [0.25, 0.3) is 0 Å². The summed E-state index contributed by atoms with van der Waals surface area (Å²) in [4.78, 5) is 81.7. The average molecular weight is 839 g/mol. The first-order valence-electron chi connectivity index (χ1n) is 23.2. The molecule has 13 heteroatoms. The maximum absolute atomic E-state index is 14.8. The lowest BCUT2D eigenvalue weighted by molar-refractivity contribution is -0.178. The van der Waals surface area contributed by atoms with Crippen molar-refractivity contribution in [2.45, 2.75) is 111 Å². The molecule has 9 fully saturated rings. The van der Waals surface area contributed by atoms with Gasteiger partial charge in [-0.1, -0.05) is 20.3 Å². The van der Waals surface area contributed by atoms with E-state index in [4.69, 9.17) is 23.7 Å². The average Bonchev–Trinajstić information content (AvgIpc) is 4.05. The van der Waals surface area contributed by atoms with Crippen LogP contribution in [-0.2, 0) is 52.5 Å². The third-order valence-electron chi connectivity index (χ3n) is 18.4. The third kappa shape index (κ3) is 6.92. The van der Waals surface area contributed by atoms with Crippen molar-refractivity contribution in [2.24, 2.45) is 124 Å². The quantitative estimate of drug-likeness (QED) is 0.102. The van der Waals surface area contributed by atoms with Crippen LogP contribution in [0.4, 0.5) is 0 Å². The number of hydrogen-bond donors (Lipinski definition) is 2. The number of hydrogen-bond acceptors (Lipinski definition) is 12. The van der Waals surface area contributed by atoms with Gasteiger partial charge in [-0.3, -0.25) is 28.8 Å².